The van der Waals surface area contributed by atoms with Crippen LogP contribution in [-0.2, 0) is 9.53 Å². The number of hydrogen-bond acceptors (Lipinski definition) is 2. The third-order valence-corrected chi connectivity index (χ3v) is 2.89. The molecule has 0 saturated heterocycles. The van der Waals surface area contributed by atoms with E-state index in [2.05, 4.69) is 0 Å². The molecule has 1 heterocycles. The first-order chi connectivity index (χ1) is 7.61. The lowest BCUT2D eigenvalue weighted by atomic mass is 10.1. The molecule has 1 aliphatic heterocycles. The van der Waals surface area contributed by atoms with Gasteiger partial charge in [-0.25, -0.2) is 0 Å². The fourth-order valence-electron chi connectivity index (χ4n) is 1.77. The lowest BCUT2D eigenvalue weighted by molar-refractivity contribution is -0.141. The van der Waals surface area contributed by atoms with Gasteiger partial charge in [-0.3, -0.25) is 4.79 Å². The molecule has 1 unspecified atom stereocenters. The van der Waals surface area contributed by atoms with Gasteiger partial charge in [-0.1, -0.05) is 30.3 Å². The minimum atomic E-state index is -0.308. The molecule has 1 atom stereocenters. The topological polar surface area (TPSA) is 29.5 Å². The van der Waals surface area contributed by atoms with E-state index in [0.717, 1.165) is 5.56 Å². The summed E-state index contributed by atoms with van der Waals surface area (Å²) >= 11 is 0. The van der Waals surface area contributed by atoms with Crippen molar-refractivity contribution in [3.8, 4) is 0 Å². The van der Waals surface area contributed by atoms with Crippen molar-refractivity contribution in [2.45, 2.75) is 20.1 Å². The molecular formula is C13H15NO2. The Bertz CT molecular complexity index is 437. The van der Waals surface area contributed by atoms with Gasteiger partial charge >= 0.3 is 0 Å². The molecule has 3 nitrogen and oxygen atoms in total. The summed E-state index contributed by atoms with van der Waals surface area (Å²) in [4.78, 5) is 13.5. The average molecular weight is 217 g/mol. The van der Waals surface area contributed by atoms with Crippen LogP contribution < -0.4 is 0 Å². The molecule has 16 heavy (non-hydrogen) atoms. The Kier molecular flexibility index (Phi) is 2.69. The van der Waals surface area contributed by atoms with Gasteiger partial charge in [0, 0.05) is 12.6 Å². The van der Waals surface area contributed by atoms with E-state index in [1.807, 2.05) is 37.3 Å². The Morgan fingerprint density at radius 1 is 1.19 bits per heavy atom. The maximum Gasteiger partial charge on any atom is 0.255 e. The summed E-state index contributed by atoms with van der Waals surface area (Å²) in [7, 11) is 1.76. The summed E-state index contributed by atoms with van der Waals surface area (Å²) in [6.07, 6.45) is -0.308. The van der Waals surface area contributed by atoms with Gasteiger partial charge in [0.05, 0.1) is 5.57 Å². The Hall–Kier alpha value is -1.77. The summed E-state index contributed by atoms with van der Waals surface area (Å²) in [5.41, 5.74) is 1.67. The number of hydrogen-bond donors (Lipinski definition) is 0. The van der Waals surface area contributed by atoms with Gasteiger partial charge in [-0.15, -0.1) is 0 Å². The maximum atomic E-state index is 11.9. The molecule has 0 N–H and O–H groups in total. The highest BCUT2D eigenvalue weighted by molar-refractivity contribution is 5.93. The second kappa shape index (κ2) is 4.00. The summed E-state index contributed by atoms with van der Waals surface area (Å²) in [6, 6.07) is 9.75. The predicted molar refractivity (Wildman–Crippen MR) is 61.4 cm³/mol. The van der Waals surface area contributed by atoms with E-state index < -0.39 is 0 Å². The molecule has 1 aromatic carbocycles. The quantitative estimate of drug-likeness (QED) is 0.723. The van der Waals surface area contributed by atoms with Gasteiger partial charge in [0.25, 0.3) is 5.91 Å². The van der Waals surface area contributed by atoms with Gasteiger partial charge in [0.2, 0.25) is 0 Å². The van der Waals surface area contributed by atoms with E-state index >= 15 is 0 Å². The molecule has 1 aromatic rings. The van der Waals surface area contributed by atoms with E-state index in [-0.39, 0.29) is 12.1 Å². The predicted octanol–water partition coefficient (Wildman–Crippen LogP) is 2.47. The molecule has 84 valence electrons. The van der Waals surface area contributed by atoms with Crippen molar-refractivity contribution in [3.63, 3.8) is 0 Å². The SMILES string of the molecule is CC1=C(C)C(=O)N(C)C(c2ccccc2)O1. The Labute approximate surface area is 95.3 Å². The zero-order valence-electron chi connectivity index (χ0n) is 9.73. The lowest BCUT2D eigenvalue weighted by Crippen LogP contribution is -2.37. The molecule has 1 aliphatic rings. The first-order valence-corrected chi connectivity index (χ1v) is 5.27. The average Bonchev–Trinajstić information content (AvgIpc) is 2.32. The fraction of sp³-hybridized carbons (Fsp3) is 0.308. The Morgan fingerprint density at radius 3 is 2.44 bits per heavy atom. The number of ether oxygens (including phenoxy) is 1. The molecule has 1 amide bonds. The largest absolute Gasteiger partial charge is 0.470 e. The number of rotatable bonds is 1. The van der Waals surface area contributed by atoms with Crippen molar-refractivity contribution >= 4 is 5.91 Å². The van der Waals surface area contributed by atoms with Gasteiger partial charge in [0.15, 0.2) is 6.23 Å². The summed E-state index contributed by atoms with van der Waals surface area (Å²) in [5, 5.41) is 0. The van der Waals surface area contributed by atoms with Crippen LogP contribution in [0.3, 0.4) is 0 Å². The van der Waals surface area contributed by atoms with Crippen molar-refractivity contribution in [1.82, 2.24) is 4.90 Å². The highest BCUT2D eigenvalue weighted by Gasteiger charge is 2.30. The molecule has 2 rings (SSSR count). The standard InChI is InChI=1S/C13H15NO2/c1-9-10(2)16-13(14(3)12(9)15)11-7-5-4-6-8-11/h4-8,13H,1-3H3. The fourth-order valence-corrected chi connectivity index (χ4v) is 1.77. The van der Waals surface area contributed by atoms with Crippen molar-refractivity contribution in [2.75, 3.05) is 7.05 Å². The van der Waals surface area contributed by atoms with Crippen LogP contribution in [0.1, 0.15) is 25.6 Å². The first kappa shape index (κ1) is 10.7. The van der Waals surface area contributed by atoms with Crippen LogP contribution >= 0.6 is 0 Å². The minimum Gasteiger partial charge on any atom is -0.470 e. The van der Waals surface area contributed by atoms with E-state index in [9.17, 15) is 4.79 Å². The molecule has 0 bridgehead atoms. The summed E-state index contributed by atoms with van der Waals surface area (Å²) in [5.74, 6) is 0.731. The maximum absolute atomic E-state index is 11.9. The molecule has 3 heteroatoms. The molecule has 0 aliphatic carbocycles. The third kappa shape index (κ3) is 1.69. The van der Waals surface area contributed by atoms with E-state index in [1.54, 1.807) is 18.9 Å². The van der Waals surface area contributed by atoms with Crippen LogP contribution in [0.5, 0.6) is 0 Å². The van der Waals surface area contributed by atoms with Crippen LogP contribution in [-0.4, -0.2) is 17.9 Å². The number of nitrogens with zero attached hydrogens (tertiary/aromatic N) is 1. The number of carbonyl (C=O) groups excluding carboxylic acids is 1. The van der Waals surface area contributed by atoms with Crippen LogP contribution in [0.15, 0.2) is 41.7 Å². The minimum absolute atomic E-state index is 0.0256. The second-order valence-corrected chi connectivity index (χ2v) is 3.98. The van der Waals surface area contributed by atoms with E-state index in [0.29, 0.717) is 11.3 Å². The van der Waals surface area contributed by atoms with Crippen LogP contribution in [0, 0.1) is 0 Å². The third-order valence-electron chi connectivity index (χ3n) is 2.89. The Morgan fingerprint density at radius 2 is 1.81 bits per heavy atom. The zero-order chi connectivity index (χ0) is 11.7. The lowest BCUT2D eigenvalue weighted by Gasteiger charge is -2.34. The molecular weight excluding hydrogens is 202 g/mol. The van der Waals surface area contributed by atoms with Crippen molar-refractivity contribution in [2.24, 2.45) is 0 Å². The highest BCUT2D eigenvalue weighted by Crippen LogP contribution is 2.30. The smallest absolute Gasteiger partial charge is 0.255 e. The zero-order valence-corrected chi connectivity index (χ0v) is 9.73. The van der Waals surface area contributed by atoms with Crippen molar-refractivity contribution in [3.05, 3.63) is 47.2 Å². The van der Waals surface area contributed by atoms with Gasteiger partial charge in [-0.2, -0.15) is 0 Å². The van der Waals surface area contributed by atoms with E-state index in [4.69, 9.17) is 4.74 Å². The van der Waals surface area contributed by atoms with Crippen molar-refractivity contribution in [1.29, 1.82) is 0 Å². The molecule has 0 saturated carbocycles. The molecule has 0 radical (unpaired) electrons. The second-order valence-electron chi connectivity index (χ2n) is 3.98. The first-order valence-electron chi connectivity index (χ1n) is 5.27. The van der Waals surface area contributed by atoms with Crippen molar-refractivity contribution < 1.29 is 9.53 Å². The number of allylic oxidation sites excluding steroid dienone is 1. The number of carbonyl (C=O) groups is 1. The monoisotopic (exact) mass is 217 g/mol. The van der Waals surface area contributed by atoms with Crippen LogP contribution in [0.25, 0.3) is 0 Å². The Balaban J connectivity index is 2.36. The summed E-state index contributed by atoms with van der Waals surface area (Å²) < 4.78 is 5.75. The normalized spacial score (nSPS) is 21.1. The molecule has 0 aromatic heterocycles. The van der Waals surface area contributed by atoms with Crippen LogP contribution in [0.4, 0.5) is 0 Å². The van der Waals surface area contributed by atoms with Gasteiger partial charge in [0.1, 0.15) is 5.76 Å². The van der Waals surface area contributed by atoms with Gasteiger partial charge < -0.3 is 9.64 Å². The molecule has 0 fully saturated rings. The molecule has 0 spiro atoms. The summed E-state index contributed by atoms with van der Waals surface area (Å²) in [6.45, 7) is 3.62. The number of amides is 1. The number of benzene rings is 1. The van der Waals surface area contributed by atoms with Crippen LogP contribution in [0.2, 0.25) is 0 Å². The number of likely N-dealkylation sites (N-methyl/N-ethyl adjacent to an activating group) is 1. The highest BCUT2D eigenvalue weighted by atomic mass is 16.5. The van der Waals surface area contributed by atoms with E-state index in [1.165, 1.54) is 0 Å². The van der Waals surface area contributed by atoms with Gasteiger partial charge in [-0.05, 0) is 13.8 Å².